The van der Waals surface area contributed by atoms with E-state index in [4.69, 9.17) is 0 Å². The second kappa shape index (κ2) is 4.40. The SMILES string of the molecule is CCc1cnc(-c2ccccc2[N+](=O)[O-])s1. The highest BCUT2D eigenvalue weighted by atomic mass is 32.1. The second-order valence-corrected chi connectivity index (χ2v) is 4.37. The Labute approximate surface area is 96.7 Å². The largest absolute Gasteiger partial charge is 0.279 e. The maximum Gasteiger partial charge on any atom is 0.279 e. The molecular formula is C11H10N2O2S. The molecule has 1 heterocycles. The minimum Gasteiger partial charge on any atom is -0.258 e. The average Bonchev–Trinajstić information content (AvgIpc) is 2.77. The lowest BCUT2D eigenvalue weighted by Crippen LogP contribution is -1.90. The molecule has 1 aromatic carbocycles. The minimum absolute atomic E-state index is 0.111. The van der Waals surface area contributed by atoms with Gasteiger partial charge in [-0.05, 0) is 12.5 Å². The zero-order valence-electron chi connectivity index (χ0n) is 8.71. The molecule has 16 heavy (non-hydrogen) atoms. The van der Waals surface area contributed by atoms with Crippen molar-refractivity contribution in [3.05, 3.63) is 45.5 Å². The van der Waals surface area contributed by atoms with Gasteiger partial charge in [0, 0.05) is 17.1 Å². The fraction of sp³-hybridized carbons (Fsp3) is 0.182. The van der Waals surface area contributed by atoms with Gasteiger partial charge in [0.15, 0.2) is 0 Å². The van der Waals surface area contributed by atoms with Crippen LogP contribution in [0.5, 0.6) is 0 Å². The predicted octanol–water partition coefficient (Wildman–Crippen LogP) is 3.28. The van der Waals surface area contributed by atoms with Gasteiger partial charge in [-0.1, -0.05) is 19.1 Å². The Bertz CT molecular complexity index is 522. The third-order valence-corrected chi connectivity index (χ3v) is 3.41. The summed E-state index contributed by atoms with van der Waals surface area (Å²) in [6, 6.07) is 6.68. The van der Waals surface area contributed by atoms with E-state index < -0.39 is 0 Å². The summed E-state index contributed by atoms with van der Waals surface area (Å²) in [7, 11) is 0. The molecule has 0 aliphatic carbocycles. The molecule has 0 aliphatic heterocycles. The van der Waals surface area contributed by atoms with Crippen LogP contribution >= 0.6 is 11.3 Å². The van der Waals surface area contributed by atoms with Crippen LogP contribution in [0.1, 0.15) is 11.8 Å². The zero-order valence-corrected chi connectivity index (χ0v) is 9.53. The van der Waals surface area contributed by atoms with Gasteiger partial charge in [-0.3, -0.25) is 10.1 Å². The van der Waals surface area contributed by atoms with Crippen LogP contribution in [0.25, 0.3) is 10.6 Å². The molecule has 2 aromatic rings. The van der Waals surface area contributed by atoms with E-state index in [2.05, 4.69) is 4.98 Å². The molecule has 82 valence electrons. The first kappa shape index (κ1) is 10.8. The van der Waals surface area contributed by atoms with Crippen LogP contribution in [-0.4, -0.2) is 9.91 Å². The number of nitro groups is 1. The number of rotatable bonds is 3. The molecule has 0 saturated carbocycles. The van der Waals surface area contributed by atoms with Crippen LogP contribution in [0.4, 0.5) is 5.69 Å². The van der Waals surface area contributed by atoms with Crippen LogP contribution in [0, 0.1) is 10.1 Å². The number of nitrogens with zero attached hydrogens (tertiary/aromatic N) is 2. The van der Waals surface area contributed by atoms with Gasteiger partial charge in [-0.2, -0.15) is 0 Å². The lowest BCUT2D eigenvalue weighted by molar-refractivity contribution is -0.384. The highest BCUT2D eigenvalue weighted by Crippen LogP contribution is 2.32. The third kappa shape index (κ3) is 1.94. The summed E-state index contributed by atoms with van der Waals surface area (Å²) in [6.07, 6.45) is 2.68. The number of thiazole rings is 1. The van der Waals surface area contributed by atoms with Gasteiger partial charge in [0.1, 0.15) is 5.01 Å². The molecule has 5 heteroatoms. The summed E-state index contributed by atoms with van der Waals surface area (Å²) in [5.41, 5.74) is 0.705. The molecule has 0 N–H and O–H groups in total. The maximum atomic E-state index is 10.9. The summed E-state index contributed by atoms with van der Waals surface area (Å²) in [6.45, 7) is 2.04. The van der Waals surface area contributed by atoms with Crippen molar-refractivity contribution in [1.82, 2.24) is 4.98 Å². The topological polar surface area (TPSA) is 56.0 Å². The molecule has 0 unspecified atom stereocenters. The normalized spacial score (nSPS) is 10.3. The van der Waals surface area contributed by atoms with E-state index in [9.17, 15) is 10.1 Å². The van der Waals surface area contributed by atoms with Crippen molar-refractivity contribution in [1.29, 1.82) is 0 Å². The fourth-order valence-corrected chi connectivity index (χ4v) is 2.30. The van der Waals surface area contributed by atoms with Crippen molar-refractivity contribution in [2.45, 2.75) is 13.3 Å². The Hall–Kier alpha value is -1.75. The molecule has 0 atom stereocenters. The van der Waals surface area contributed by atoms with Gasteiger partial charge in [0.25, 0.3) is 5.69 Å². The molecule has 0 bridgehead atoms. The van der Waals surface area contributed by atoms with E-state index >= 15 is 0 Å². The molecule has 2 rings (SSSR count). The Kier molecular flexibility index (Phi) is 2.96. The monoisotopic (exact) mass is 234 g/mol. The summed E-state index contributed by atoms with van der Waals surface area (Å²) >= 11 is 1.50. The van der Waals surface area contributed by atoms with Crippen molar-refractivity contribution in [3.63, 3.8) is 0 Å². The molecule has 1 aromatic heterocycles. The van der Waals surface area contributed by atoms with Crippen LogP contribution in [0.15, 0.2) is 30.5 Å². The van der Waals surface area contributed by atoms with Crippen molar-refractivity contribution < 1.29 is 4.92 Å². The fourth-order valence-electron chi connectivity index (χ4n) is 1.41. The number of hydrogen-bond acceptors (Lipinski definition) is 4. The van der Waals surface area contributed by atoms with E-state index in [-0.39, 0.29) is 10.6 Å². The first-order valence-electron chi connectivity index (χ1n) is 4.91. The lowest BCUT2D eigenvalue weighted by atomic mass is 10.2. The van der Waals surface area contributed by atoms with Gasteiger partial charge >= 0.3 is 0 Å². The molecule has 0 saturated heterocycles. The Morgan fingerprint density at radius 2 is 2.19 bits per heavy atom. The van der Waals surface area contributed by atoms with Gasteiger partial charge in [-0.15, -0.1) is 11.3 Å². The van der Waals surface area contributed by atoms with E-state index in [1.807, 2.05) is 6.92 Å². The van der Waals surface area contributed by atoms with E-state index in [1.165, 1.54) is 17.4 Å². The molecule has 0 spiro atoms. The minimum atomic E-state index is -0.373. The maximum absolute atomic E-state index is 10.9. The summed E-state index contributed by atoms with van der Waals surface area (Å²) < 4.78 is 0. The highest BCUT2D eigenvalue weighted by molar-refractivity contribution is 7.15. The van der Waals surface area contributed by atoms with Gasteiger partial charge < -0.3 is 0 Å². The van der Waals surface area contributed by atoms with Crippen molar-refractivity contribution >= 4 is 17.0 Å². The molecule has 0 fully saturated rings. The number of aryl methyl sites for hydroxylation is 1. The van der Waals surface area contributed by atoms with E-state index in [1.54, 1.807) is 24.4 Å². The standard InChI is InChI=1S/C11H10N2O2S/c1-2-8-7-12-11(16-8)9-5-3-4-6-10(9)13(14)15/h3-7H,2H2,1H3. The van der Waals surface area contributed by atoms with Gasteiger partial charge in [0.2, 0.25) is 0 Å². The molecule has 0 amide bonds. The van der Waals surface area contributed by atoms with Gasteiger partial charge in [-0.25, -0.2) is 4.98 Å². The second-order valence-electron chi connectivity index (χ2n) is 3.26. The lowest BCUT2D eigenvalue weighted by Gasteiger charge is -1.97. The highest BCUT2D eigenvalue weighted by Gasteiger charge is 2.16. The summed E-state index contributed by atoms with van der Waals surface area (Å²) in [4.78, 5) is 15.8. The Balaban J connectivity index is 2.50. The van der Waals surface area contributed by atoms with Crippen molar-refractivity contribution in [2.24, 2.45) is 0 Å². The van der Waals surface area contributed by atoms with E-state index in [0.717, 1.165) is 11.3 Å². The van der Waals surface area contributed by atoms with Crippen LogP contribution in [-0.2, 0) is 6.42 Å². The summed E-state index contributed by atoms with van der Waals surface area (Å²) in [5.74, 6) is 0. The Morgan fingerprint density at radius 3 is 2.81 bits per heavy atom. The summed E-state index contributed by atoms with van der Waals surface area (Å²) in [5, 5.41) is 11.6. The third-order valence-electron chi connectivity index (χ3n) is 2.23. The van der Waals surface area contributed by atoms with Gasteiger partial charge in [0.05, 0.1) is 10.5 Å². The first-order valence-corrected chi connectivity index (χ1v) is 5.72. The first-order chi connectivity index (χ1) is 7.72. The molecule has 4 nitrogen and oxygen atoms in total. The molecule has 0 aliphatic rings. The van der Waals surface area contributed by atoms with Crippen molar-refractivity contribution in [2.75, 3.05) is 0 Å². The van der Waals surface area contributed by atoms with Crippen LogP contribution < -0.4 is 0 Å². The van der Waals surface area contributed by atoms with Crippen LogP contribution in [0.2, 0.25) is 0 Å². The Morgan fingerprint density at radius 1 is 1.44 bits per heavy atom. The molecular weight excluding hydrogens is 224 g/mol. The van der Waals surface area contributed by atoms with Crippen molar-refractivity contribution in [3.8, 4) is 10.6 Å². The smallest absolute Gasteiger partial charge is 0.258 e. The van der Waals surface area contributed by atoms with E-state index in [0.29, 0.717) is 10.6 Å². The number of nitro benzene ring substituents is 1. The number of para-hydroxylation sites is 1. The zero-order chi connectivity index (χ0) is 11.5. The molecule has 0 radical (unpaired) electrons. The van der Waals surface area contributed by atoms with Crippen LogP contribution in [0.3, 0.4) is 0 Å². The number of hydrogen-bond donors (Lipinski definition) is 0. The number of aromatic nitrogens is 1. The quantitative estimate of drug-likeness (QED) is 0.605. The average molecular weight is 234 g/mol. The number of benzene rings is 1. The predicted molar refractivity (Wildman–Crippen MR) is 63.6 cm³/mol.